The third kappa shape index (κ3) is 3.13. The van der Waals surface area contributed by atoms with Crippen molar-refractivity contribution in [3.8, 4) is 11.8 Å². The molecular weight excluding hydrogens is 284 g/mol. The summed E-state index contributed by atoms with van der Waals surface area (Å²) in [6.45, 7) is -0.190. The highest BCUT2D eigenvalue weighted by molar-refractivity contribution is 7.14. The van der Waals surface area contributed by atoms with Crippen LogP contribution in [0.1, 0.15) is 32.1 Å². The minimum absolute atomic E-state index is 0.130. The minimum atomic E-state index is -0.190. The van der Waals surface area contributed by atoms with Crippen molar-refractivity contribution in [3.63, 3.8) is 0 Å². The van der Waals surface area contributed by atoms with Crippen LogP contribution in [0.15, 0.2) is 24.4 Å². The molecule has 21 heavy (non-hydrogen) atoms. The van der Waals surface area contributed by atoms with Gasteiger partial charge in [-0.25, -0.2) is 4.98 Å². The van der Waals surface area contributed by atoms with Crippen molar-refractivity contribution in [3.05, 3.63) is 45.3 Å². The fraction of sp³-hybridized carbons (Fsp3) is 0.250. The zero-order valence-corrected chi connectivity index (χ0v) is 12.2. The molecule has 0 spiro atoms. The number of anilines is 1. The summed E-state index contributed by atoms with van der Waals surface area (Å²) in [4.78, 5) is 18.4. The van der Waals surface area contributed by atoms with Crippen molar-refractivity contribution < 1.29 is 9.90 Å². The standard InChI is InChI=1S/C16H14N2O2S/c19-8-2-3-11-6-7-17-15(9-11)18-16(20)14-10-12-4-1-5-13(12)21-14/h6-7,9-10,19H,1,4-5,8H2,(H,17,18,20). The van der Waals surface area contributed by atoms with E-state index in [1.165, 1.54) is 16.9 Å². The molecular formula is C16H14N2O2S. The zero-order valence-electron chi connectivity index (χ0n) is 11.3. The van der Waals surface area contributed by atoms with Crippen LogP contribution in [0, 0.1) is 11.8 Å². The SMILES string of the molecule is O=C(Nc1cc(C#CCO)ccn1)c1cc2c(s1)CCC2. The van der Waals surface area contributed by atoms with Gasteiger partial charge >= 0.3 is 0 Å². The molecule has 4 nitrogen and oxygen atoms in total. The number of hydrogen-bond donors (Lipinski definition) is 2. The molecule has 1 aliphatic carbocycles. The quantitative estimate of drug-likeness (QED) is 0.836. The van der Waals surface area contributed by atoms with Crippen LogP contribution in [0.2, 0.25) is 0 Å². The van der Waals surface area contributed by atoms with E-state index in [1.54, 1.807) is 29.7 Å². The molecule has 1 aliphatic rings. The van der Waals surface area contributed by atoms with Crippen molar-refractivity contribution in [2.24, 2.45) is 0 Å². The van der Waals surface area contributed by atoms with Gasteiger partial charge < -0.3 is 10.4 Å². The molecule has 0 unspecified atom stereocenters. The molecule has 2 aromatic rings. The Morgan fingerprint density at radius 1 is 1.43 bits per heavy atom. The van der Waals surface area contributed by atoms with Crippen LogP contribution in [0.5, 0.6) is 0 Å². The van der Waals surface area contributed by atoms with E-state index >= 15 is 0 Å². The van der Waals surface area contributed by atoms with Crippen LogP contribution in [-0.2, 0) is 12.8 Å². The Morgan fingerprint density at radius 3 is 3.14 bits per heavy atom. The lowest BCUT2D eigenvalue weighted by Gasteiger charge is -2.02. The number of nitrogens with zero attached hydrogens (tertiary/aromatic N) is 1. The number of rotatable bonds is 2. The number of nitrogens with one attached hydrogen (secondary N) is 1. The lowest BCUT2D eigenvalue weighted by atomic mass is 10.2. The molecule has 106 valence electrons. The molecule has 5 heteroatoms. The number of aliphatic hydroxyl groups is 1. The molecule has 2 N–H and O–H groups in total. The van der Waals surface area contributed by atoms with E-state index in [0.29, 0.717) is 11.4 Å². The maximum absolute atomic E-state index is 12.2. The van der Waals surface area contributed by atoms with Crippen LogP contribution < -0.4 is 5.32 Å². The average molecular weight is 298 g/mol. The summed E-state index contributed by atoms with van der Waals surface area (Å²) in [6.07, 6.45) is 4.93. The summed E-state index contributed by atoms with van der Waals surface area (Å²) in [5.74, 6) is 5.70. The first-order valence-electron chi connectivity index (χ1n) is 6.75. The van der Waals surface area contributed by atoms with Crippen LogP contribution in [-0.4, -0.2) is 22.6 Å². The van der Waals surface area contributed by atoms with Crippen molar-refractivity contribution >= 4 is 23.1 Å². The highest BCUT2D eigenvalue weighted by atomic mass is 32.1. The van der Waals surface area contributed by atoms with Gasteiger partial charge in [0.1, 0.15) is 12.4 Å². The number of fused-ring (bicyclic) bond motifs is 1. The monoisotopic (exact) mass is 298 g/mol. The number of carbonyl (C=O) groups excluding carboxylic acids is 1. The van der Waals surface area contributed by atoms with Crippen LogP contribution in [0.25, 0.3) is 0 Å². The van der Waals surface area contributed by atoms with E-state index < -0.39 is 0 Å². The van der Waals surface area contributed by atoms with Gasteiger partial charge in [0.05, 0.1) is 4.88 Å². The summed E-state index contributed by atoms with van der Waals surface area (Å²) in [5, 5.41) is 11.5. The number of hydrogen-bond acceptors (Lipinski definition) is 4. The fourth-order valence-corrected chi connectivity index (χ4v) is 3.49. The van der Waals surface area contributed by atoms with Crippen LogP contribution in [0.4, 0.5) is 5.82 Å². The van der Waals surface area contributed by atoms with E-state index in [4.69, 9.17) is 5.11 Å². The first kappa shape index (κ1) is 13.8. The predicted octanol–water partition coefficient (Wildman–Crippen LogP) is 2.23. The molecule has 2 heterocycles. The molecule has 0 fully saturated rings. The maximum Gasteiger partial charge on any atom is 0.266 e. The lowest BCUT2D eigenvalue weighted by Crippen LogP contribution is -2.11. The van der Waals surface area contributed by atoms with E-state index in [1.807, 2.05) is 6.07 Å². The molecule has 2 aromatic heterocycles. The number of carbonyl (C=O) groups is 1. The third-order valence-corrected chi connectivity index (χ3v) is 4.52. The molecule has 0 bridgehead atoms. The largest absolute Gasteiger partial charge is 0.384 e. The van der Waals surface area contributed by atoms with Crippen LogP contribution >= 0.6 is 11.3 Å². The van der Waals surface area contributed by atoms with E-state index in [9.17, 15) is 4.79 Å². The second-order valence-corrected chi connectivity index (χ2v) is 5.89. The predicted molar refractivity (Wildman–Crippen MR) is 82.5 cm³/mol. The molecule has 1 amide bonds. The number of aromatic nitrogens is 1. The van der Waals surface area contributed by atoms with Crippen LogP contribution in [0.3, 0.4) is 0 Å². The van der Waals surface area contributed by atoms with Gasteiger partial charge in [0.15, 0.2) is 0 Å². The third-order valence-electron chi connectivity index (χ3n) is 3.28. The summed E-state index contributed by atoms with van der Waals surface area (Å²) < 4.78 is 0. The lowest BCUT2D eigenvalue weighted by molar-refractivity contribution is 0.103. The number of aliphatic hydroxyl groups excluding tert-OH is 1. The number of amides is 1. The molecule has 0 aliphatic heterocycles. The molecule has 0 saturated carbocycles. The summed E-state index contributed by atoms with van der Waals surface area (Å²) >= 11 is 1.57. The Morgan fingerprint density at radius 2 is 2.33 bits per heavy atom. The van der Waals surface area contributed by atoms with Crippen molar-refractivity contribution in [2.75, 3.05) is 11.9 Å². The molecule has 0 atom stereocenters. The normalized spacial score (nSPS) is 12.4. The summed E-state index contributed by atoms with van der Waals surface area (Å²) in [5.41, 5.74) is 2.02. The van der Waals surface area contributed by atoms with Gasteiger partial charge in [-0.1, -0.05) is 11.8 Å². The van der Waals surface area contributed by atoms with Gasteiger partial charge in [-0.3, -0.25) is 4.79 Å². The Labute approximate surface area is 126 Å². The maximum atomic E-state index is 12.2. The van der Waals surface area contributed by atoms with Crippen molar-refractivity contribution in [1.82, 2.24) is 4.98 Å². The number of thiophene rings is 1. The summed E-state index contributed by atoms with van der Waals surface area (Å²) in [6, 6.07) is 5.41. The second-order valence-electron chi connectivity index (χ2n) is 4.76. The average Bonchev–Trinajstić information content (AvgIpc) is 3.06. The highest BCUT2D eigenvalue weighted by Gasteiger charge is 2.18. The first-order valence-corrected chi connectivity index (χ1v) is 7.56. The zero-order chi connectivity index (χ0) is 14.7. The van der Waals surface area contributed by atoms with E-state index in [-0.39, 0.29) is 12.5 Å². The van der Waals surface area contributed by atoms with E-state index in [0.717, 1.165) is 17.7 Å². The van der Waals surface area contributed by atoms with Gasteiger partial charge in [-0.2, -0.15) is 0 Å². The van der Waals surface area contributed by atoms with Crippen molar-refractivity contribution in [1.29, 1.82) is 0 Å². The smallest absolute Gasteiger partial charge is 0.266 e. The molecule has 0 aromatic carbocycles. The van der Waals surface area contributed by atoms with E-state index in [2.05, 4.69) is 22.1 Å². The van der Waals surface area contributed by atoms with Gasteiger partial charge in [-0.05, 0) is 43.0 Å². The Balaban J connectivity index is 1.74. The first-order chi connectivity index (χ1) is 10.3. The van der Waals surface area contributed by atoms with Gasteiger partial charge in [0, 0.05) is 16.6 Å². The molecule has 0 saturated heterocycles. The summed E-state index contributed by atoms with van der Waals surface area (Å²) in [7, 11) is 0. The number of aryl methyl sites for hydroxylation is 2. The molecule has 0 radical (unpaired) electrons. The highest BCUT2D eigenvalue weighted by Crippen LogP contribution is 2.30. The minimum Gasteiger partial charge on any atom is -0.384 e. The Kier molecular flexibility index (Phi) is 4.00. The topological polar surface area (TPSA) is 62.2 Å². The van der Waals surface area contributed by atoms with Gasteiger partial charge in [-0.15, -0.1) is 11.3 Å². The molecule has 3 rings (SSSR count). The van der Waals surface area contributed by atoms with Gasteiger partial charge in [0.2, 0.25) is 0 Å². The fourth-order valence-electron chi connectivity index (χ4n) is 2.34. The second kappa shape index (κ2) is 6.08. The number of pyridine rings is 1. The Bertz CT molecular complexity index is 719. The Hall–Kier alpha value is -2.16. The van der Waals surface area contributed by atoms with Gasteiger partial charge in [0.25, 0.3) is 5.91 Å². The van der Waals surface area contributed by atoms with Crippen molar-refractivity contribution in [2.45, 2.75) is 19.3 Å².